The molecule has 1 aromatic carbocycles. The quantitative estimate of drug-likeness (QED) is 0.663. The summed E-state index contributed by atoms with van der Waals surface area (Å²) < 4.78 is 1.10. The van der Waals surface area contributed by atoms with Crippen LogP contribution in [0.3, 0.4) is 0 Å². The summed E-state index contributed by atoms with van der Waals surface area (Å²) in [6.07, 6.45) is 5.02. The molecule has 0 amide bonds. The molecule has 0 aromatic heterocycles. The third-order valence-corrected chi connectivity index (χ3v) is 4.00. The number of benzene rings is 1. The van der Waals surface area contributed by atoms with Crippen molar-refractivity contribution in [3.05, 3.63) is 34.3 Å². The topological polar surface area (TPSA) is 38.4 Å². The number of hydrogen-bond acceptors (Lipinski definition) is 1. The molecule has 0 spiro atoms. The first-order valence-electron chi connectivity index (χ1n) is 6.25. The third-order valence-electron chi connectivity index (χ3n) is 3.47. The van der Waals surface area contributed by atoms with Gasteiger partial charge in [0.25, 0.3) is 0 Å². The van der Waals surface area contributed by atoms with Crippen molar-refractivity contribution in [1.29, 1.82) is 0 Å². The number of halogens is 1. The van der Waals surface area contributed by atoms with Crippen LogP contribution in [0.1, 0.15) is 44.2 Å². The Labute approximate surface area is 111 Å². The molecule has 2 rings (SSSR count). The molecule has 0 radical (unpaired) electrons. The summed E-state index contributed by atoms with van der Waals surface area (Å²) in [5.74, 6) is 1.37. The molecule has 0 saturated heterocycles. The molecule has 0 bridgehead atoms. The van der Waals surface area contributed by atoms with E-state index >= 15 is 0 Å². The van der Waals surface area contributed by atoms with Crippen LogP contribution in [0.25, 0.3) is 0 Å². The summed E-state index contributed by atoms with van der Waals surface area (Å²) in [4.78, 5) is 4.64. The van der Waals surface area contributed by atoms with Gasteiger partial charge in [-0.05, 0) is 37.5 Å². The van der Waals surface area contributed by atoms with Crippen LogP contribution in [-0.4, -0.2) is 5.84 Å². The summed E-state index contributed by atoms with van der Waals surface area (Å²) in [5.41, 5.74) is 7.30. The van der Waals surface area contributed by atoms with Crippen LogP contribution in [0, 0.1) is 5.92 Å². The smallest absolute Gasteiger partial charge is 0.0975 e. The number of aliphatic imine (C=N–C) groups is 1. The van der Waals surface area contributed by atoms with Crippen molar-refractivity contribution in [3.63, 3.8) is 0 Å². The van der Waals surface area contributed by atoms with Gasteiger partial charge in [-0.2, -0.15) is 0 Å². The lowest BCUT2D eigenvalue weighted by molar-refractivity contribution is 0.699. The highest BCUT2D eigenvalue weighted by Gasteiger charge is 2.19. The molecule has 1 atom stereocenters. The molecule has 1 saturated carbocycles. The maximum absolute atomic E-state index is 6.09. The van der Waals surface area contributed by atoms with Crippen molar-refractivity contribution >= 4 is 21.8 Å². The van der Waals surface area contributed by atoms with E-state index in [-0.39, 0.29) is 6.04 Å². The van der Waals surface area contributed by atoms with E-state index in [1.54, 1.807) is 0 Å². The second-order valence-electron chi connectivity index (χ2n) is 4.76. The minimum absolute atomic E-state index is 0.156. The monoisotopic (exact) mass is 294 g/mol. The van der Waals surface area contributed by atoms with Crippen LogP contribution in [0.15, 0.2) is 33.7 Å². The largest absolute Gasteiger partial charge is 0.387 e. The summed E-state index contributed by atoms with van der Waals surface area (Å²) in [5, 5.41) is 0. The molecule has 17 heavy (non-hydrogen) atoms. The molecule has 1 aliphatic rings. The predicted molar refractivity (Wildman–Crippen MR) is 76.1 cm³/mol. The Hall–Kier alpha value is -0.830. The Morgan fingerprint density at radius 3 is 2.47 bits per heavy atom. The molecule has 1 aromatic rings. The Bertz CT molecular complexity index is 391. The highest BCUT2D eigenvalue weighted by Crippen LogP contribution is 2.26. The molecule has 0 heterocycles. The van der Waals surface area contributed by atoms with Crippen LogP contribution >= 0.6 is 15.9 Å². The molecule has 0 aliphatic heterocycles. The Morgan fingerprint density at radius 2 is 1.88 bits per heavy atom. The van der Waals surface area contributed by atoms with Gasteiger partial charge >= 0.3 is 0 Å². The van der Waals surface area contributed by atoms with Crippen molar-refractivity contribution in [3.8, 4) is 0 Å². The van der Waals surface area contributed by atoms with Crippen LogP contribution in [0.4, 0.5) is 0 Å². The maximum atomic E-state index is 6.09. The van der Waals surface area contributed by atoms with E-state index in [4.69, 9.17) is 5.73 Å². The van der Waals surface area contributed by atoms with Crippen molar-refractivity contribution in [1.82, 2.24) is 0 Å². The first-order chi connectivity index (χ1) is 8.16. The van der Waals surface area contributed by atoms with Crippen LogP contribution < -0.4 is 5.73 Å². The van der Waals surface area contributed by atoms with E-state index in [2.05, 4.69) is 40.0 Å². The summed E-state index contributed by atoms with van der Waals surface area (Å²) >= 11 is 3.44. The minimum Gasteiger partial charge on any atom is -0.387 e. The van der Waals surface area contributed by atoms with Gasteiger partial charge in [0, 0.05) is 10.4 Å². The summed E-state index contributed by atoms with van der Waals surface area (Å²) in [6, 6.07) is 8.45. The van der Waals surface area contributed by atoms with E-state index in [1.807, 2.05) is 12.1 Å². The average molecular weight is 295 g/mol. The number of rotatable bonds is 3. The first kappa shape index (κ1) is 12.6. The number of hydrogen-bond donors (Lipinski definition) is 1. The standard InChI is InChI=1S/C14H19BrN2/c1-10(11-6-8-13(15)9-7-11)17-14(16)12-4-2-3-5-12/h6-10,12H,2-5H2,1H3,(H2,16,17). The van der Waals surface area contributed by atoms with Crippen molar-refractivity contribution in [2.24, 2.45) is 16.6 Å². The minimum atomic E-state index is 0.156. The van der Waals surface area contributed by atoms with Gasteiger partial charge in [0.05, 0.1) is 11.9 Å². The first-order valence-corrected chi connectivity index (χ1v) is 7.05. The lowest BCUT2D eigenvalue weighted by Crippen LogP contribution is -2.22. The van der Waals surface area contributed by atoms with Gasteiger partial charge in [0.15, 0.2) is 0 Å². The Kier molecular flexibility index (Phi) is 4.21. The van der Waals surface area contributed by atoms with Gasteiger partial charge in [-0.1, -0.05) is 40.9 Å². The molecule has 3 heteroatoms. The van der Waals surface area contributed by atoms with E-state index in [0.29, 0.717) is 5.92 Å². The molecule has 92 valence electrons. The van der Waals surface area contributed by atoms with Crippen LogP contribution in [0.5, 0.6) is 0 Å². The molecule has 2 N–H and O–H groups in total. The second-order valence-corrected chi connectivity index (χ2v) is 5.68. The van der Waals surface area contributed by atoms with Gasteiger partial charge in [-0.3, -0.25) is 4.99 Å². The molecule has 2 nitrogen and oxygen atoms in total. The lowest BCUT2D eigenvalue weighted by Gasteiger charge is -2.12. The van der Waals surface area contributed by atoms with Crippen molar-refractivity contribution in [2.75, 3.05) is 0 Å². The number of nitrogens with zero attached hydrogens (tertiary/aromatic N) is 1. The van der Waals surface area contributed by atoms with E-state index in [1.165, 1.54) is 31.2 Å². The SMILES string of the molecule is CC(N=C(N)C1CCCC1)c1ccc(Br)cc1. The van der Waals surface area contributed by atoms with Gasteiger partial charge in [0.2, 0.25) is 0 Å². The van der Waals surface area contributed by atoms with E-state index in [0.717, 1.165) is 10.3 Å². The zero-order chi connectivity index (χ0) is 12.3. The lowest BCUT2D eigenvalue weighted by atomic mass is 10.1. The zero-order valence-corrected chi connectivity index (χ0v) is 11.8. The van der Waals surface area contributed by atoms with Gasteiger partial charge < -0.3 is 5.73 Å². The molecular weight excluding hydrogens is 276 g/mol. The number of nitrogens with two attached hydrogens (primary N) is 1. The van der Waals surface area contributed by atoms with Crippen molar-refractivity contribution < 1.29 is 0 Å². The Morgan fingerprint density at radius 1 is 1.29 bits per heavy atom. The van der Waals surface area contributed by atoms with Crippen LogP contribution in [0.2, 0.25) is 0 Å². The Balaban J connectivity index is 2.06. The molecular formula is C14H19BrN2. The third kappa shape index (κ3) is 3.32. The highest BCUT2D eigenvalue weighted by atomic mass is 79.9. The fraction of sp³-hybridized carbons (Fsp3) is 0.500. The van der Waals surface area contributed by atoms with Gasteiger partial charge in [0.1, 0.15) is 0 Å². The summed E-state index contributed by atoms with van der Waals surface area (Å²) in [6.45, 7) is 2.10. The predicted octanol–water partition coefficient (Wildman–Crippen LogP) is 4.06. The average Bonchev–Trinajstić information content (AvgIpc) is 2.83. The van der Waals surface area contributed by atoms with Gasteiger partial charge in [-0.25, -0.2) is 0 Å². The highest BCUT2D eigenvalue weighted by molar-refractivity contribution is 9.10. The second kappa shape index (κ2) is 5.67. The summed E-state index contributed by atoms with van der Waals surface area (Å²) in [7, 11) is 0. The van der Waals surface area contributed by atoms with Crippen molar-refractivity contribution in [2.45, 2.75) is 38.6 Å². The zero-order valence-electron chi connectivity index (χ0n) is 10.2. The van der Waals surface area contributed by atoms with Gasteiger partial charge in [-0.15, -0.1) is 0 Å². The molecule has 1 unspecified atom stereocenters. The molecule has 1 fully saturated rings. The normalized spacial score (nSPS) is 19.5. The van der Waals surface area contributed by atoms with E-state index in [9.17, 15) is 0 Å². The number of amidine groups is 1. The van der Waals surface area contributed by atoms with Crippen LogP contribution in [-0.2, 0) is 0 Å². The fourth-order valence-corrected chi connectivity index (χ4v) is 2.63. The fourth-order valence-electron chi connectivity index (χ4n) is 2.37. The van der Waals surface area contributed by atoms with E-state index < -0.39 is 0 Å². The molecule has 1 aliphatic carbocycles. The maximum Gasteiger partial charge on any atom is 0.0975 e.